The SMILES string of the molecule is CC[Si](OC)(OC)OC.c1ccc2ccccc2c1. The second-order valence-corrected chi connectivity index (χ2v) is 7.29. The summed E-state index contributed by atoms with van der Waals surface area (Å²) >= 11 is 0. The van der Waals surface area contributed by atoms with E-state index in [1.165, 1.54) is 10.8 Å². The summed E-state index contributed by atoms with van der Waals surface area (Å²) in [7, 11) is 2.65. The van der Waals surface area contributed by atoms with Crippen LogP contribution in [0, 0.1) is 0 Å². The van der Waals surface area contributed by atoms with Gasteiger partial charge in [0.1, 0.15) is 0 Å². The topological polar surface area (TPSA) is 27.7 Å². The first-order valence-electron chi connectivity index (χ1n) is 6.30. The Kier molecular flexibility index (Phi) is 6.73. The highest BCUT2D eigenvalue weighted by molar-refractivity contribution is 6.60. The van der Waals surface area contributed by atoms with E-state index in [9.17, 15) is 0 Å². The standard InChI is InChI=1S/C10H8.C5H14O3Si/c1-2-6-10-8-4-3-7-9(10)5-1;1-5-9(6-2,7-3)8-4/h1-8H;5H2,1-4H3. The third-order valence-corrected chi connectivity index (χ3v) is 5.76. The third-order valence-electron chi connectivity index (χ3n) is 3.02. The molecule has 0 heterocycles. The van der Waals surface area contributed by atoms with Crippen LogP contribution in [0.3, 0.4) is 0 Å². The molecule has 0 saturated heterocycles. The quantitative estimate of drug-likeness (QED) is 0.798. The van der Waals surface area contributed by atoms with E-state index in [-0.39, 0.29) is 0 Å². The number of fused-ring (bicyclic) bond motifs is 1. The maximum Gasteiger partial charge on any atom is 0.499 e. The normalized spacial score (nSPS) is 10.9. The zero-order chi connectivity index (χ0) is 14.1. The summed E-state index contributed by atoms with van der Waals surface area (Å²) in [6.45, 7) is 1.99. The molecule has 19 heavy (non-hydrogen) atoms. The zero-order valence-electron chi connectivity index (χ0n) is 12.1. The van der Waals surface area contributed by atoms with Crippen molar-refractivity contribution in [1.82, 2.24) is 0 Å². The van der Waals surface area contributed by atoms with Crippen molar-refractivity contribution in [2.24, 2.45) is 0 Å². The lowest BCUT2D eigenvalue weighted by atomic mass is 10.1. The Labute approximate surface area is 116 Å². The molecule has 0 fully saturated rings. The molecule has 0 N–H and O–H groups in total. The number of rotatable bonds is 4. The fourth-order valence-electron chi connectivity index (χ4n) is 1.82. The van der Waals surface area contributed by atoms with Gasteiger partial charge in [0.2, 0.25) is 0 Å². The molecule has 0 bridgehead atoms. The maximum absolute atomic E-state index is 5.08. The van der Waals surface area contributed by atoms with Gasteiger partial charge < -0.3 is 13.3 Å². The van der Waals surface area contributed by atoms with E-state index in [0.29, 0.717) is 0 Å². The average molecular weight is 278 g/mol. The van der Waals surface area contributed by atoms with E-state index >= 15 is 0 Å². The molecule has 0 spiro atoms. The summed E-state index contributed by atoms with van der Waals surface area (Å²) in [6, 6.07) is 17.5. The van der Waals surface area contributed by atoms with Gasteiger partial charge in [0.15, 0.2) is 0 Å². The van der Waals surface area contributed by atoms with E-state index in [1.54, 1.807) is 21.3 Å². The second-order valence-electron chi connectivity index (χ2n) is 4.00. The molecule has 0 aliphatic carbocycles. The highest BCUT2D eigenvalue weighted by Gasteiger charge is 2.34. The second kappa shape index (κ2) is 8.07. The van der Waals surface area contributed by atoms with Gasteiger partial charge in [-0.15, -0.1) is 0 Å². The van der Waals surface area contributed by atoms with Gasteiger partial charge in [-0.05, 0) is 10.8 Å². The van der Waals surface area contributed by atoms with Crippen LogP contribution < -0.4 is 0 Å². The van der Waals surface area contributed by atoms with Crippen LogP contribution in [0.25, 0.3) is 10.8 Å². The van der Waals surface area contributed by atoms with Crippen LogP contribution >= 0.6 is 0 Å². The average Bonchev–Trinajstić information content (AvgIpc) is 2.51. The van der Waals surface area contributed by atoms with Crippen LogP contribution in [0.4, 0.5) is 0 Å². The smallest absolute Gasteiger partial charge is 0.377 e. The Morgan fingerprint density at radius 3 is 1.21 bits per heavy atom. The first-order chi connectivity index (χ1) is 9.21. The first kappa shape index (κ1) is 15.9. The molecule has 0 atom stereocenters. The van der Waals surface area contributed by atoms with Crippen molar-refractivity contribution in [2.45, 2.75) is 13.0 Å². The fraction of sp³-hybridized carbons (Fsp3) is 0.333. The van der Waals surface area contributed by atoms with E-state index in [2.05, 4.69) is 48.5 Å². The molecule has 2 aromatic carbocycles. The van der Waals surface area contributed by atoms with Crippen LogP contribution in [-0.2, 0) is 13.3 Å². The predicted molar refractivity (Wildman–Crippen MR) is 81.2 cm³/mol. The Morgan fingerprint density at radius 1 is 0.737 bits per heavy atom. The summed E-state index contributed by atoms with van der Waals surface area (Å²) < 4.78 is 15.2. The largest absolute Gasteiger partial charge is 0.499 e. The molecule has 0 unspecified atom stereocenters. The van der Waals surface area contributed by atoms with Gasteiger partial charge in [-0.25, -0.2) is 0 Å². The highest BCUT2D eigenvalue weighted by atomic mass is 28.4. The van der Waals surface area contributed by atoms with Crippen molar-refractivity contribution in [3.8, 4) is 0 Å². The zero-order valence-corrected chi connectivity index (χ0v) is 13.1. The first-order valence-corrected chi connectivity index (χ1v) is 8.23. The molecule has 2 aromatic rings. The summed E-state index contributed by atoms with van der Waals surface area (Å²) in [5.41, 5.74) is 0. The molecule has 0 aromatic heterocycles. The lowest BCUT2D eigenvalue weighted by molar-refractivity contribution is 0.125. The van der Waals surface area contributed by atoms with Gasteiger partial charge in [0.05, 0.1) is 0 Å². The Hall–Kier alpha value is -1.20. The fourth-order valence-corrected chi connectivity index (χ4v) is 3.18. The maximum atomic E-state index is 5.08. The van der Waals surface area contributed by atoms with E-state index in [1.807, 2.05) is 6.92 Å². The summed E-state index contributed by atoms with van der Waals surface area (Å²) in [6.07, 6.45) is 0. The molecule has 104 valence electrons. The Balaban J connectivity index is 0.000000192. The lowest BCUT2D eigenvalue weighted by Crippen LogP contribution is -2.41. The number of benzene rings is 2. The van der Waals surface area contributed by atoms with Crippen LogP contribution in [0.2, 0.25) is 6.04 Å². The van der Waals surface area contributed by atoms with Gasteiger partial charge in [0, 0.05) is 27.4 Å². The molecule has 0 saturated carbocycles. The van der Waals surface area contributed by atoms with E-state index in [0.717, 1.165) is 6.04 Å². The van der Waals surface area contributed by atoms with Crippen LogP contribution in [0.5, 0.6) is 0 Å². The molecule has 0 amide bonds. The summed E-state index contributed by atoms with van der Waals surface area (Å²) in [5.74, 6) is 0. The van der Waals surface area contributed by atoms with Crippen LogP contribution in [0.1, 0.15) is 6.92 Å². The van der Waals surface area contributed by atoms with Crippen molar-refractivity contribution >= 4 is 19.6 Å². The van der Waals surface area contributed by atoms with Crippen LogP contribution in [-0.4, -0.2) is 30.1 Å². The van der Waals surface area contributed by atoms with Gasteiger partial charge >= 0.3 is 8.80 Å². The molecule has 3 nitrogen and oxygen atoms in total. The van der Waals surface area contributed by atoms with Crippen molar-refractivity contribution < 1.29 is 13.3 Å². The predicted octanol–water partition coefficient (Wildman–Crippen LogP) is 3.72. The van der Waals surface area contributed by atoms with Crippen molar-refractivity contribution in [3.05, 3.63) is 48.5 Å². The van der Waals surface area contributed by atoms with Gasteiger partial charge in [-0.1, -0.05) is 55.5 Å². The minimum Gasteiger partial charge on any atom is -0.377 e. The minimum atomic E-state index is -2.19. The molecule has 2 rings (SSSR count). The van der Waals surface area contributed by atoms with E-state index < -0.39 is 8.80 Å². The lowest BCUT2D eigenvalue weighted by Gasteiger charge is -2.22. The highest BCUT2D eigenvalue weighted by Crippen LogP contribution is 2.11. The molecule has 0 aliphatic rings. The molecule has 4 heteroatoms. The minimum absolute atomic E-state index is 0.816. The van der Waals surface area contributed by atoms with Gasteiger partial charge in [-0.2, -0.15) is 0 Å². The summed E-state index contributed by atoms with van der Waals surface area (Å²) in [5, 5.41) is 2.62. The monoisotopic (exact) mass is 278 g/mol. The molecule has 0 aliphatic heterocycles. The molecular weight excluding hydrogens is 256 g/mol. The van der Waals surface area contributed by atoms with Crippen LogP contribution in [0.15, 0.2) is 48.5 Å². The Morgan fingerprint density at radius 2 is 1.05 bits per heavy atom. The molecular formula is C15H22O3Si. The van der Waals surface area contributed by atoms with Crippen molar-refractivity contribution in [3.63, 3.8) is 0 Å². The third kappa shape index (κ3) is 4.43. The van der Waals surface area contributed by atoms with Crippen molar-refractivity contribution in [1.29, 1.82) is 0 Å². The summed E-state index contributed by atoms with van der Waals surface area (Å²) in [4.78, 5) is 0. The van der Waals surface area contributed by atoms with Crippen molar-refractivity contribution in [2.75, 3.05) is 21.3 Å². The Bertz CT molecular complexity index is 401. The van der Waals surface area contributed by atoms with Gasteiger partial charge in [-0.3, -0.25) is 0 Å². The van der Waals surface area contributed by atoms with Gasteiger partial charge in [0.25, 0.3) is 0 Å². The number of hydrogen-bond donors (Lipinski definition) is 0. The molecule has 0 radical (unpaired) electrons. The number of hydrogen-bond acceptors (Lipinski definition) is 3. The van der Waals surface area contributed by atoms with E-state index in [4.69, 9.17) is 13.3 Å².